The molecule has 116 valence electrons. The number of H-pyrrole nitrogens is 1. The zero-order valence-electron chi connectivity index (χ0n) is 13.0. The maximum Gasteiger partial charge on any atom is 0.255 e. The van der Waals surface area contributed by atoms with Crippen molar-refractivity contribution in [2.75, 3.05) is 14.2 Å². The predicted molar refractivity (Wildman–Crippen MR) is 91.0 cm³/mol. The van der Waals surface area contributed by atoms with Crippen molar-refractivity contribution in [1.29, 1.82) is 0 Å². The smallest absolute Gasteiger partial charge is 0.255 e. The first-order chi connectivity index (χ1) is 11.2. The second kappa shape index (κ2) is 6.40. The zero-order chi connectivity index (χ0) is 16.2. The fourth-order valence-electron chi connectivity index (χ4n) is 2.42. The van der Waals surface area contributed by atoms with Gasteiger partial charge in [-0.3, -0.25) is 4.79 Å². The first-order valence-electron chi connectivity index (χ1n) is 7.23. The van der Waals surface area contributed by atoms with Crippen LogP contribution < -0.4 is 15.0 Å². The normalized spacial score (nSPS) is 10.3. The Bertz CT molecular complexity index is 849. The molecule has 3 aromatic rings. The lowest BCUT2D eigenvalue weighted by Crippen LogP contribution is -2.08. The van der Waals surface area contributed by atoms with Gasteiger partial charge in [0.2, 0.25) is 0 Å². The van der Waals surface area contributed by atoms with E-state index >= 15 is 0 Å². The molecule has 0 saturated heterocycles. The van der Waals surface area contributed by atoms with Gasteiger partial charge in [0, 0.05) is 11.8 Å². The SMILES string of the molecule is COc1ccc(-c2c[nH]c(=O)c(-c3ccc(OC)cc3)c2)cc1. The molecule has 1 N–H and O–H groups in total. The van der Waals surface area contributed by atoms with Crippen LogP contribution in [0.15, 0.2) is 65.6 Å². The number of hydrogen-bond acceptors (Lipinski definition) is 3. The summed E-state index contributed by atoms with van der Waals surface area (Å²) >= 11 is 0. The van der Waals surface area contributed by atoms with E-state index < -0.39 is 0 Å². The molecule has 4 nitrogen and oxygen atoms in total. The largest absolute Gasteiger partial charge is 0.497 e. The molecule has 0 aliphatic carbocycles. The minimum absolute atomic E-state index is 0.118. The molecule has 0 fully saturated rings. The summed E-state index contributed by atoms with van der Waals surface area (Å²) in [5.74, 6) is 1.56. The van der Waals surface area contributed by atoms with Gasteiger partial charge < -0.3 is 14.5 Å². The maximum absolute atomic E-state index is 12.2. The van der Waals surface area contributed by atoms with Crippen molar-refractivity contribution < 1.29 is 9.47 Å². The number of nitrogens with one attached hydrogen (secondary N) is 1. The summed E-state index contributed by atoms with van der Waals surface area (Å²) < 4.78 is 10.3. The first-order valence-corrected chi connectivity index (χ1v) is 7.23. The lowest BCUT2D eigenvalue weighted by Gasteiger charge is -2.07. The van der Waals surface area contributed by atoms with E-state index in [1.54, 1.807) is 20.4 Å². The number of aromatic amines is 1. The van der Waals surface area contributed by atoms with Crippen LogP contribution in [0.3, 0.4) is 0 Å². The first kappa shape index (κ1) is 14.9. The fourth-order valence-corrected chi connectivity index (χ4v) is 2.42. The number of benzene rings is 2. The highest BCUT2D eigenvalue weighted by Crippen LogP contribution is 2.25. The summed E-state index contributed by atoms with van der Waals surface area (Å²) in [6.45, 7) is 0. The Labute approximate surface area is 134 Å². The summed E-state index contributed by atoms with van der Waals surface area (Å²) in [6, 6.07) is 17.0. The van der Waals surface area contributed by atoms with Gasteiger partial charge in [0.15, 0.2) is 0 Å². The number of ether oxygens (including phenoxy) is 2. The Morgan fingerprint density at radius 1 is 0.739 bits per heavy atom. The van der Waals surface area contributed by atoms with Gasteiger partial charge >= 0.3 is 0 Å². The number of rotatable bonds is 4. The quantitative estimate of drug-likeness (QED) is 0.799. The third-order valence-electron chi connectivity index (χ3n) is 3.73. The van der Waals surface area contributed by atoms with Crippen molar-refractivity contribution >= 4 is 0 Å². The summed E-state index contributed by atoms with van der Waals surface area (Å²) in [5, 5.41) is 0. The molecule has 0 atom stereocenters. The van der Waals surface area contributed by atoms with Crippen LogP contribution in [0.4, 0.5) is 0 Å². The molecule has 0 bridgehead atoms. The lowest BCUT2D eigenvalue weighted by atomic mass is 10.0. The van der Waals surface area contributed by atoms with E-state index in [2.05, 4.69) is 4.98 Å². The van der Waals surface area contributed by atoms with Crippen LogP contribution in [0.1, 0.15) is 0 Å². The fraction of sp³-hybridized carbons (Fsp3) is 0.105. The molecule has 1 aromatic heterocycles. The Balaban J connectivity index is 2.02. The highest BCUT2D eigenvalue weighted by molar-refractivity contribution is 5.72. The van der Waals surface area contributed by atoms with E-state index in [9.17, 15) is 4.79 Å². The Morgan fingerprint density at radius 2 is 1.26 bits per heavy atom. The van der Waals surface area contributed by atoms with Crippen LogP contribution in [0.25, 0.3) is 22.3 Å². The van der Waals surface area contributed by atoms with Crippen molar-refractivity contribution in [2.24, 2.45) is 0 Å². The van der Waals surface area contributed by atoms with Gasteiger partial charge in [-0.2, -0.15) is 0 Å². The Hall–Kier alpha value is -3.01. The molecular formula is C19H17NO3. The van der Waals surface area contributed by atoms with Gasteiger partial charge in [0.05, 0.1) is 14.2 Å². The molecule has 3 rings (SSSR count). The average Bonchev–Trinajstić information content (AvgIpc) is 2.62. The second-order valence-electron chi connectivity index (χ2n) is 5.09. The Morgan fingerprint density at radius 3 is 1.78 bits per heavy atom. The maximum atomic E-state index is 12.2. The molecule has 1 heterocycles. The van der Waals surface area contributed by atoms with E-state index in [1.807, 2.05) is 54.6 Å². The second-order valence-corrected chi connectivity index (χ2v) is 5.09. The van der Waals surface area contributed by atoms with E-state index in [1.165, 1.54) is 0 Å². The topological polar surface area (TPSA) is 51.3 Å². The molecule has 0 saturated carbocycles. The average molecular weight is 307 g/mol. The van der Waals surface area contributed by atoms with Crippen LogP contribution >= 0.6 is 0 Å². The molecular weight excluding hydrogens is 290 g/mol. The summed E-state index contributed by atoms with van der Waals surface area (Å²) in [5.41, 5.74) is 3.31. The number of aromatic nitrogens is 1. The van der Waals surface area contributed by atoms with Crippen LogP contribution in [0.2, 0.25) is 0 Å². The molecule has 0 unspecified atom stereocenters. The summed E-state index contributed by atoms with van der Waals surface area (Å²) in [7, 11) is 3.25. The number of pyridine rings is 1. The van der Waals surface area contributed by atoms with Gasteiger partial charge in [-0.25, -0.2) is 0 Å². The van der Waals surface area contributed by atoms with E-state index in [-0.39, 0.29) is 5.56 Å². The van der Waals surface area contributed by atoms with Crippen LogP contribution in [0, 0.1) is 0 Å². The van der Waals surface area contributed by atoms with Crippen LogP contribution in [-0.2, 0) is 0 Å². The third-order valence-corrected chi connectivity index (χ3v) is 3.73. The van der Waals surface area contributed by atoms with Gasteiger partial charge in [-0.05, 0) is 47.0 Å². The summed E-state index contributed by atoms with van der Waals surface area (Å²) in [4.78, 5) is 15.0. The molecule has 23 heavy (non-hydrogen) atoms. The molecule has 4 heteroatoms. The van der Waals surface area contributed by atoms with Gasteiger partial charge in [-0.15, -0.1) is 0 Å². The van der Waals surface area contributed by atoms with Gasteiger partial charge in [0.25, 0.3) is 5.56 Å². The predicted octanol–water partition coefficient (Wildman–Crippen LogP) is 3.73. The van der Waals surface area contributed by atoms with Crippen molar-refractivity contribution in [1.82, 2.24) is 4.98 Å². The van der Waals surface area contributed by atoms with E-state index in [0.717, 1.165) is 28.2 Å². The molecule has 2 aromatic carbocycles. The standard InChI is InChI=1S/C19H17NO3/c1-22-16-7-3-13(4-8-16)15-11-18(19(21)20-12-15)14-5-9-17(23-2)10-6-14/h3-12H,1-2H3,(H,20,21). The minimum Gasteiger partial charge on any atom is -0.497 e. The van der Waals surface area contributed by atoms with E-state index in [4.69, 9.17) is 9.47 Å². The van der Waals surface area contributed by atoms with Crippen molar-refractivity contribution in [2.45, 2.75) is 0 Å². The Kier molecular flexibility index (Phi) is 4.15. The third kappa shape index (κ3) is 3.11. The molecule has 0 spiro atoms. The highest BCUT2D eigenvalue weighted by Gasteiger charge is 2.07. The number of methoxy groups -OCH3 is 2. The number of hydrogen-bond donors (Lipinski definition) is 1. The van der Waals surface area contributed by atoms with Crippen molar-refractivity contribution in [3.63, 3.8) is 0 Å². The molecule has 0 aliphatic heterocycles. The molecule has 0 radical (unpaired) electrons. The summed E-state index contributed by atoms with van der Waals surface area (Å²) in [6.07, 6.45) is 1.72. The monoisotopic (exact) mass is 307 g/mol. The van der Waals surface area contributed by atoms with Crippen LogP contribution in [0.5, 0.6) is 11.5 Å². The molecule has 0 aliphatic rings. The lowest BCUT2D eigenvalue weighted by molar-refractivity contribution is 0.415. The highest BCUT2D eigenvalue weighted by atomic mass is 16.5. The van der Waals surface area contributed by atoms with Crippen molar-refractivity contribution in [3.8, 4) is 33.8 Å². The van der Waals surface area contributed by atoms with Gasteiger partial charge in [0.1, 0.15) is 11.5 Å². The van der Waals surface area contributed by atoms with Crippen molar-refractivity contribution in [3.05, 3.63) is 71.1 Å². The van der Waals surface area contributed by atoms with Crippen LogP contribution in [-0.4, -0.2) is 19.2 Å². The zero-order valence-corrected chi connectivity index (χ0v) is 13.0. The molecule has 0 amide bonds. The minimum atomic E-state index is -0.118. The van der Waals surface area contributed by atoms with E-state index in [0.29, 0.717) is 5.56 Å². The van der Waals surface area contributed by atoms with Gasteiger partial charge in [-0.1, -0.05) is 24.3 Å².